The van der Waals surface area contributed by atoms with Gasteiger partial charge in [0.2, 0.25) is 0 Å². The molecule has 0 fully saturated rings. The Hall–Kier alpha value is -1.64. The Kier molecular flexibility index (Phi) is 4.03. The molecule has 0 atom stereocenters. The molecule has 0 aliphatic rings. The van der Waals surface area contributed by atoms with Gasteiger partial charge in [-0.05, 0) is 31.0 Å². The average molecular weight is 210 g/mol. The molecular formula is C12H12F2O. The molecule has 0 spiro atoms. The van der Waals surface area contributed by atoms with Crippen molar-refractivity contribution < 1.29 is 13.5 Å². The zero-order valence-electron chi connectivity index (χ0n) is 8.47. The summed E-state index contributed by atoms with van der Waals surface area (Å²) in [6.07, 6.45) is 0.736. The molecule has 3 heteroatoms. The van der Waals surface area contributed by atoms with E-state index in [0.29, 0.717) is 5.75 Å². The molecule has 1 aromatic carbocycles. The van der Waals surface area contributed by atoms with Crippen LogP contribution in [0.3, 0.4) is 0 Å². The molecule has 0 saturated heterocycles. The second-order valence-electron chi connectivity index (χ2n) is 3.06. The summed E-state index contributed by atoms with van der Waals surface area (Å²) in [4.78, 5) is 0. The normalized spacial score (nSPS) is 9.53. The lowest BCUT2D eigenvalue weighted by Gasteiger charge is -2.05. The summed E-state index contributed by atoms with van der Waals surface area (Å²) in [5, 5.41) is 0. The highest BCUT2D eigenvalue weighted by atomic mass is 19.3. The van der Waals surface area contributed by atoms with E-state index in [1.165, 1.54) is 6.92 Å². The number of benzene rings is 1. The molecular weight excluding hydrogens is 198 g/mol. The van der Waals surface area contributed by atoms with E-state index < -0.39 is 6.08 Å². The van der Waals surface area contributed by atoms with Crippen LogP contribution in [-0.4, -0.2) is 0 Å². The topological polar surface area (TPSA) is 9.23 Å². The smallest absolute Gasteiger partial charge is 0.307 e. The molecule has 1 aromatic rings. The lowest BCUT2D eigenvalue weighted by molar-refractivity contribution is 0.330. The number of allylic oxidation sites excluding steroid dienone is 2. The van der Waals surface area contributed by atoms with Crippen molar-refractivity contribution in [2.75, 3.05) is 0 Å². The van der Waals surface area contributed by atoms with Crippen molar-refractivity contribution in [3.8, 4) is 5.75 Å². The zero-order chi connectivity index (χ0) is 11.3. The number of halogens is 2. The minimum atomic E-state index is -1.80. The minimum absolute atomic E-state index is 0.369. The Morgan fingerprint density at radius 2 is 1.93 bits per heavy atom. The van der Waals surface area contributed by atoms with Gasteiger partial charge in [-0.1, -0.05) is 18.2 Å². The summed E-state index contributed by atoms with van der Waals surface area (Å²) < 4.78 is 29.0. The van der Waals surface area contributed by atoms with E-state index >= 15 is 0 Å². The average Bonchev–Trinajstić information content (AvgIpc) is 2.21. The summed E-state index contributed by atoms with van der Waals surface area (Å²) in [6, 6.07) is 6.96. The molecule has 0 saturated carbocycles. The lowest BCUT2D eigenvalue weighted by atomic mass is 10.1. The lowest BCUT2D eigenvalue weighted by Crippen LogP contribution is -1.92. The van der Waals surface area contributed by atoms with Gasteiger partial charge >= 0.3 is 6.08 Å². The van der Waals surface area contributed by atoms with Crippen LogP contribution in [0.2, 0.25) is 0 Å². The first-order valence-corrected chi connectivity index (χ1v) is 4.53. The van der Waals surface area contributed by atoms with E-state index in [-0.39, 0.29) is 5.76 Å². The van der Waals surface area contributed by atoms with Gasteiger partial charge in [0.1, 0.15) is 5.75 Å². The third kappa shape index (κ3) is 3.54. The summed E-state index contributed by atoms with van der Waals surface area (Å²) in [7, 11) is 0. The molecule has 0 aromatic heterocycles. The molecule has 0 bridgehead atoms. The van der Waals surface area contributed by atoms with Crippen LogP contribution in [-0.2, 0) is 6.42 Å². The molecule has 0 unspecified atom stereocenters. The Labute approximate surface area is 87.7 Å². The number of hydrogen-bond acceptors (Lipinski definition) is 1. The van der Waals surface area contributed by atoms with Gasteiger partial charge in [0, 0.05) is 0 Å². The molecule has 0 N–H and O–H groups in total. The van der Waals surface area contributed by atoms with Gasteiger partial charge in [-0.3, -0.25) is 0 Å². The van der Waals surface area contributed by atoms with Gasteiger partial charge in [0.05, 0.1) is 0 Å². The predicted molar refractivity (Wildman–Crippen MR) is 55.9 cm³/mol. The van der Waals surface area contributed by atoms with E-state index in [1.807, 2.05) is 12.1 Å². The molecule has 1 rings (SSSR count). The second kappa shape index (κ2) is 5.29. The largest absolute Gasteiger partial charge is 0.456 e. The first-order valence-electron chi connectivity index (χ1n) is 4.53. The Morgan fingerprint density at radius 3 is 2.40 bits per heavy atom. The second-order valence-corrected chi connectivity index (χ2v) is 3.06. The van der Waals surface area contributed by atoms with E-state index in [2.05, 4.69) is 6.58 Å². The van der Waals surface area contributed by atoms with Crippen molar-refractivity contribution in [1.29, 1.82) is 0 Å². The van der Waals surface area contributed by atoms with E-state index in [1.54, 1.807) is 18.2 Å². The third-order valence-electron chi connectivity index (χ3n) is 1.84. The van der Waals surface area contributed by atoms with Crippen molar-refractivity contribution in [3.05, 3.63) is 54.3 Å². The van der Waals surface area contributed by atoms with Crippen LogP contribution >= 0.6 is 0 Å². The summed E-state index contributed by atoms with van der Waals surface area (Å²) in [5.41, 5.74) is 1.07. The molecule has 15 heavy (non-hydrogen) atoms. The minimum Gasteiger partial charge on any atom is -0.456 e. The number of hydrogen-bond donors (Lipinski definition) is 0. The maximum absolute atomic E-state index is 12.1. The maximum Gasteiger partial charge on any atom is 0.307 e. The molecule has 80 valence electrons. The maximum atomic E-state index is 12.1. The highest BCUT2D eigenvalue weighted by Crippen LogP contribution is 2.17. The molecule has 0 aliphatic heterocycles. The molecule has 1 nitrogen and oxygen atoms in total. The van der Waals surface area contributed by atoms with Crippen molar-refractivity contribution in [2.45, 2.75) is 13.3 Å². The van der Waals surface area contributed by atoms with Crippen molar-refractivity contribution >= 4 is 0 Å². The van der Waals surface area contributed by atoms with Gasteiger partial charge in [-0.25, -0.2) is 0 Å². The van der Waals surface area contributed by atoms with Crippen molar-refractivity contribution in [2.24, 2.45) is 0 Å². The highest BCUT2D eigenvalue weighted by Gasteiger charge is 2.02. The van der Waals surface area contributed by atoms with Crippen LogP contribution in [0.25, 0.3) is 0 Å². The first kappa shape index (κ1) is 11.4. The molecule has 0 amide bonds. The molecule has 0 radical (unpaired) electrons. The van der Waals surface area contributed by atoms with Crippen LogP contribution in [0.4, 0.5) is 8.78 Å². The zero-order valence-corrected chi connectivity index (χ0v) is 8.47. The molecule has 0 heterocycles. The molecule has 0 aliphatic carbocycles. The Bertz CT molecular complexity index is 362. The van der Waals surface area contributed by atoms with Gasteiger partial charge in [0.25, 0.3) is 0 Å². The van der Waals surface area contributed by atoms with Gasteiger partial charge in [0.15, 0.2) is 5.76 Å². The summed E-state index contributed by atoms with van der Waals surface area (Å²) in [5.74, 6) is 0.0413. The van der Waals surface area contributed by atoms with E-state index in [0.717, 1.165) is 12.0 Å². The van der Waals surface area contributed by atoms with E-state index in [4.69, 9.17) is 4.74 Å². The number of rotatable bonds is 4. The summed E-state index contributed by atoms with van der Waals surface area (Å²) >= 11 is 0. The first-order chi connectivity index (χ1) is 7.13. The standard InChI is InChI=1S/C12H12F2O/c1-3-4-10-5-7-11(8-6-10)15-9(2)12(13)14/h3,5-8H,1,4H2,2H3. The fourth-order valence-corrected chi connectivity index (χ4v) is 1.08. The predicted octanol–water partition coefficient (Wildman–Crippen LogP) is 3.92. The van der Waals surface area contributed by atoms with Crippen LogP contribution in [0.5, 0.6) is 5.75 Å². The quantitative estimate of drug-likeness (QED) is 0.540. The number of ether oxygens (including phenoxy) is 1. The van der Waals surface area contributed by atoms with Crippen LogP contribution in [0.1, 0.15) is 12.5 Å². The monoisotopic (exact) mass is 210 g/mol. The van der Waals surface area contributed by atoms with E-state index in [9.17, 15) is 8.78 Å². The van der Waals surface area contributed by atoms with Gasteiger partial charge in [-0.15, -0.1) is 6.58 Å². The van der Waals surface area contributed by atoms with Crippen LogP contribution in [0.15, 0.2) is 48.8 Å². The summed E-state index contributed by atoms with van der Waals surface area (Å²) in [6.45, 7) is 4.84. The van der Waals surface area contributed by atoms with Crippen LogP contribution in [0, 0.1) is 0 Å². The van der Waals surface area contributed by atoms with Crippen LogP contribution < -0.4 is 4.74 Å². The fraction of sp³-hybridized carbons (Fsp3) is 0.167. The van der Waals surface area contributed by atoms with Crippen molar-refractivity contribution in [3.63, 3.8) is 0 Å². The van der Waals surface area contributed by atoms with Gasteiger partial charge < -0.3 is 4.74 Å². The highest BCUT2D eigenvalue weighted by molar-refractivity contribution is 5.29. The fourth-order valence-electron chi connectivity index (χ4n) is 1.08. The third-order valence-corrected chi connectivity index (χ3v) is 1.84. The van der Waals surface area contributed by atoms with Gasteiger partial charge in [-0.2, -0.15) is 8.78 Å². The van der Waals surface area contributed by atoms with Crippen molar-refractivity contribution in [1.82, 2.24) is 0 Å². The Morgan fingerprint density at radius 1 is 1.33 bits per heavy atom. The SMILES string of the molecule is C=CCc1ccc(OC(C)=C(F)F)cc1. The Balaban J connectivity index is 2.72.